The third kappa shape index (κ3) is 7.32. The molecule has 1 heterocycles. The maximum atomic E-state index is 15.2. The zero-order valence-electron chi connectivity index (χ0n) is 29.0. The van der Waals surface area contributed by atoms with Crippen LogP contribution >= 0.6 is 19.5 Å². The lowest BCUT2D eigenvalue weighted by molar-refractivity contribution is -0.163. The molecule has 0 radical (unpaired) electrons. The van der Waals surface area contributed by atoms with E-state index < -0.39 is 53.4 Å². The van der Waals surface area contributed by atoms with Gasteiger partial charge in [0.05, 0.1) is 5.56 Å². The van der Waals surface area contributed by atoms with Gasteiger partial charge in [0.25, 0.3) is 5.56 Å². The van der Waals surface area contributed by atoms with Crippen LogP contribution in [0.25, 0.3) is 0 Å². The average Bonchev–Trinajstić information content (AvgIpc) is 3.02. The van der Waals surface area contributed by atoms with Crippen molar-refractivity contribution < 1.29 is 24.2 Å². The monoisotopic (exact) mass is 689 g/mol. The second-order valence-electron chi connectivity index (χ2n) is 13.5. The molecule has 0 saturated carbocycles. The average molecular weight is 690 g/mol. The molecule has 3 aromatic carbocycles. The van der Waals surface area contributed by atoms with E-state index in [0.717, 1.165) is 15.9 Å². The van der Waals surface area contributed by atoms with Gasteiger partial charge >= 0.3 is 11.9 Å². The molecule has 0 amide bonds. The van der Waals surface area contributed by atoms with Gasteiger partial charge in [-0.25, -0.2) is 4.79 Å². The molecule has 48 heavy (non-hydrogen) atoms. The van der Waals surface area contributed by atoms with E-state index in [4.69, 9.17) is 21.7 Å². The van der Waals surface area contributed by atoms with Crippen LogP contribution < -0.4 is 21.5 Å². The van der Waals surface area contributed by atoms with E-state index in [9.17, 15) is 14.7 Å². The minimum absolute atomic E-state index is 0.109. The SMILES string of the molecule is CCn1c(O)c([C@@H](C(=O)OC(C)(C)C)[C@@H](C(=O)OC(C)(C)C)[P+](c2ccccc2)(c2ccccc2)c2ccccc2)c(=O)n(CC)c1=S. The maximum absolute atomic E-state index is 15.2. The Hall–Kier alpha value is -4.07. The molecule has 0 aliphatic heterocycles. The Morgan fingerprint density at radius 3 is 1.44 bits per heavy atom. The van der Waals surface area contributed by atoms with Gasteiger partial charge in [0.1, 0.15) is 40.3 Å². The second kappa shape index (κ2) is 14.6. The van der Waals surface area contributed by atoms with Gasteiger partial charge in [-0.3, -0.25) is 18.7 Å². The van der Waals surface area contributed by atoms with Crippen LogP contribution in [-0.2, 0) is 32.2 Å². The Labute approximate surface area is 288 Å². The molecule has 8 nitrogen and oxygen atoms in total. The summed E-state index contributed by atoms with van der Waals surface area (Å²) in [5, 5.41) is 14.3. The highest BCUT2D eigenvalue weighted by molar-refractivity contribution is 7.97. The Kier molecular flexibility index (Phi) is 11.2. The summed E-state index contributed by atoms with van der Waals surface area (Å²) in [6, 6.07) is 28.7. The molecule has 0 aliphatic rings. The van der Waals surface area contributed by atoms with Crippen molar-refractivity contribution in [3.63, 3.8) is 0 Å². The predicted molar refractivity (Wildman–Crippen MR) is 196 cm³/mol. The van der Waals surface area contributed by atoms with Crippen LogP contribution in [-0.4, -0.2) is 43.0 Å². The summed E-state index contributed by atoms with van der Waals surface area (Å²) >= 11 is 5.62. The van der Waals surface area contributed by atoms with Crippen molar-refractivity contribution in [3.8, 4) is 5.88 Å². The van der Waals surface area contributed by atoms with Gasteiger partial charge in [-0.15, -0.1) is 0 Å². The topological polar surface area (TPSA) is 99.8 Å². The third-order valence-corrected chi connectivity index (χ3v) is 13.0. The molecule has 2 atom stereocenters. The zero-order valence-corrected chi connectivity index (χ0v) is 30.7. The highest BCUT2D eigenvalue weighted by Gasteiger charge is 2.63. The first-order valence-electron chi connectivity index (χ1n) is 16.2. The Bertz CT molecular complexity index is 1760. The van der Waals surface area contributed by atoms with E-state index in [0.29, 0.717) is 0 Å². The van der Waals surface area contributed by atoms with Crippen molar-refractivity contribution in [2.24, 2.45) is 0 Å². The molecular weight excluding hydrogens is 643 g/mol. The molecule has 1 N–H and O–H groups in total. The molecule has 0 saturated heterocycles. The van der Waals surface area contributed by atoms with E-state index in [1.54, 1.807) is 55.4 Å². The summed E-state index contributed by atoms with van der Waals surface area (Å²) in [5.41, 5.74) is -4.25. The molecule has 4 rings (SSSR count). The van der Waals surface area contributed by atoms with Crippen LogP contribution in [0.3, 0.4) is 0 Å². The quantitative estimate of drug-likeness (QED) is 0.119. The van der Waals surface area contributed by atoms with E-state index in [-0.39, 0.29) is 23.4 Å². The van der Waals surface area contributed by atoms with Gasteiger partial charge in [0, 0.05) is 13.1 Å². The zero-order chi connectivity index (χ0) is 35.4. The van der Waals surface area contributed by atoms with Crippen molar-refractivity contribution in [2.75, 3.05) is 0 Å². The lowest BCUT2D eigenvalue weighted by Crippen LogP contribution is -2.51. The Morgan fingerprint density at radius 1 is 0.708 bits per heavy atom. The Balaban J connectivity index is 2.34. The van der Waals surface area contributed by atoms with Crippen LogP contribution in [0.5, 0.6) is 5.88 Å². The van der Waals surface area contributed by atoms with Crippen molar-refractivity contribution in [1.82, 2.24) is 9.13 Å². The van der Waals surface area contributed by atoms with Crippen LogP contribution in [0.1, 0.15) is 66.9 Å². The van der Waals surface area contributed by atoms with Crippen LogP contribution in [0.15, 0.2) is 95.8 Å². The van der Waals surface area contributed by atoms with E-state index >= 15 is 4.79 Å². The molecular formula is C38H46N2O6PS+. The maximum Gasteiger partial charge on any atom is 0.350 e. The molecule has 254 valence electrons. The lowest BCUT2D eigenvalue weighted by Gasteiger charge is -2.38. The molecule has 1 aromatic heterocycles. The largest absolute Gasteiger partial charge is 0.494 e. The summed E-state index contributed by atoms with van der Waals surface area (Å²) in [4.78, 5) is 44.6. The molecule has 10 heteroatoms. The summed E-state index contributed by atoms with van der Waals surface area (Å²) in [7, 11) is -3.32. The van der Waals surface area contributed by atoms with E-state index in [2.05, 4.69) is 0 Å². The number of hydrogen-bond acceptors (Lipinski definition) is 7. The molecule has 4 aromatic rings. The first kappa shape index (κ1) is 36.8. The number of benzene rings is 3. The highest BCUT2D eigenvalue weighted by Crippen LogP contribution is 2.64. The first-order chi connectivity index (χ1) is 22.6. The molecule has 0 fully saturated rings. The van der Waals surface area contributed by atoms with Crippen LogP contribution in [0, 0.1) is 4.77 Å². The summed E-state index contributed by atoms with van der Waals surface area (Å²) in [6.45, 7) is 14.4. The van der Waals surface area contributed by atoms with Crippen molar-refractivity contribution >= 4 is 47.3 Å². The molecule has 0 bridgehead atoms. The molecule has 0 unspecified atom stereocenters. The number of hydrogen-bond donors (Lipinski definition) is 1. The summed E-state index contributed by atoms with van der Waals surface area (Å²) in [5.74, 6) is -3.61. The first-order valence-corrected chi connectivity index (χ1v) is 18.4. The fourth-order valence-electron chi connectivity index (χ4n) is 6.11. The number of esters is 2. The fourth-order valence-corrected chi connectivity index (χ4v) is 11.4. The Morgan fingerprint density at radius 2 is 1.08 bits per heavy atom. The van der Waals surface area contributed by atoms with Crippen molar-refractivity contribution in [1.29, 1.82) is 0 Å². The smallest absolute Gasteiger partial charge is 0.350 e. The van der Waals surface area contributed by atoms with Gasteiger partial charge < -0.3 is 14.6 Å². The van der Waals surface area contributed by atoms with Gasteiger partial charge in [-0.1, -0.05) is 54.6 Å². The van der Waals surface area contributed by atoms with Gasteiger partial charge in [-0.05, 0) is 104 Å². The normalized spacial score (nSPS) is 13.4. The second-order valence-corrected chi connectivity index (χ2v) is 17.4. The number of aromatic nitrogens is 2. The van der Waals surface area contributed by atoms with Crippen LogP contribution in [0.2, 0.25) is 0 Å². The van der Waals surface area contributed by atoms with Gasteiger partial charge in [-0.2, -0.15) is 0 Å². The molecule has 0 spiro atoms. The van der Waals surface area contributed by atoms with Crippen LogP contribution in [0.4, 0.5) is 0 Å². The van der Waals surface area contributed by atoms with Crippen molar-refractivity contribution in [3.05, 3.63) is 112 Å². The number of carbonyl (C=O) groups excluding carboxylic acids is 2. The third-order valence-electron chi connectivity index (χ3n) is 7.91. The predicted octanol–water partition coefficient (Wildman–Crippen LogP) is 6.25. The molecule has 0 aliphatic carbocycles. The number of ether oxygens (including phenoxy) is 2. The summed E-state index contributed by atoms with van der Waals surface area (Å²) in [6.07, 6.45) is 0. The lowest BCUT2D eigenvalue weighted by atomic mass is 9.95. The minimum atomic E-state index is -3.32. The summed E-state index contributed by atoms with van der Waals surface area (Å²) < 4.78 is 15.2. The number of carbonyl (C=O) groups is 2. The van der Waals surface area contributed by atoms with E-state index in [1.807, 2.05) is 91.0 Å². The number of nitrogens with zero attached hydrogens (tertiary/aromatic N) is 2. The van der Waals surface area contributed by atoms with Gasteiger partial charge in [0.15, 0.2) is 10.4 Å². The fraction of sp³-hybridized carbons (Fsp3) is 0.368. The highest BCUT2D eigenvalue weighted by atomic mass is 32.1. The minimum Gasteiger partial charge on any atom is -0.494 e. The van der Waals surface area contributed by atoms with Crippen molar-refractivity contribution in [2.45, 2.75) is 91.3 Å². The number of rotatable bonds is 10. The van der Waals surface area contributed by atoms with E-state index in [1.165, 1.54) is 9.13 Å². The number of aromatic hydroxyl groups is 1. The van der Waals surface area contributed by atoms with Gasteiger partial charge in [0.2, 0.25) is 5.88 Å². The standard InChI is InChI=1S/C38H45N2O6PS/c1-9-39-32(41)30(33(42)40(10-2)36(39)48)29(34(43)45-37(3,4)5)31(35(44)46-38(6,7)8)47(26-20-14-11-15-21-26,27-22-16-12-17-23-27)28-24-18-13-19-25-28/h11-25,29,31H,9-10H2,1-8H3/p+1/t29-,31+/m1/s1.